The van der Waals surface area contributed by atoms with Gasteiger partial charge in [-0.15, -0.1) is 0 Å². The molecule has 4 rings (SSSR count). The van der Waals surface area contributed by atoms with Crippen molar-refractivity contribution in [3.63, 3.8) is 0 Å². The number of ketones is 1. The molecule has 0 bridgehead atoms. The summed E-state index contributed by atoms with van der Waals surface area (Å²) in [5, 5.41) is 0. The van der Waals surface area contributed by atoms with E-state index in [4.69, 9.17) is 4.74 Å². The average Bonchev–Trinajstić information content (AvgIpc) is 3.04. The zero-order valence-corrected chi connectivity index (χ0v) is 17.2. The van der Waals surface area contributed by atoms with Crippen molar-refractivity contribution in [3.8, 4) is 0 Å². The number of rotatable bonds is 6. The Balaban J connectivity index is 1.96. The molecule has 0 spiro atoms. The molecular formula is C26H23NO4. The van der Waals surface area contributed by atoms with Gasteiger partial charge in [-0.3, -0.25) is 19.3 Å². The van der Waals surface area contributed by atoms with Gasteiger partial charge >= 0.3 is 5.97 Å². The summed E-state index contributed by atoms with van der Waals surface area (Å²) < 4.78 is 5.42. The number of carbonyl (C=O) groups is 3. The Labute approximate surface area is 181 Å². The minimum Gasteiger partial charge on any atom is -0.465 e. The Morgan fingerprint density at radius 2 is 1.42 bits per heavy atom. The molecule has 1 saturated heterocycles. The molecule has 1 amide bonds. The molecule has 0 radical (unpaired) electrons. The van der Waals surface area contributed by atoms with Crippen molar-refractivity contribution in [1.29, 1.82) is 0 Å². The van der Waals surface area contributed by atoms with E-state index in [1.807, 2.05) is 66.7 Å². The van der Waals surface area contributed by atoms with E-state index in [-0.39, 0.29) is 13.0 Å². The number of amides is 1. The molecule has 1 aliphatic rings. The molecule has 1 aliphatic heterocycles. The van der Waals surface area contributed by atoms with Gasteiger partial charge in [-0.2, -0.15) is 0 Å². The summed E-state index contributed by atoms with van der Waals surface area (Å²) in [4.78, 5) is 41.9. The minimum atomic E-state index is -1.69. The normalized spacial score (nSPS) is 20.7. The van der Waals surface area contributed by atoms with Crippen molar-refractivity contribution >= 4 is 23.3 Å². The lowest BCUT2D eigenvalue weighted by molar-refractivity contribution is -0.161. The highest BCUT2D eigenvalue weighted by atomic mass is 16.5. The molecule has 5 heteroatoms. The van der Waals surface area contributed by atoms with Crippen LogP contribution in [0.5, 0.6) is 0 Å². The van der Waals surface area contributed by atoms with Gasteiger partial charge in [0.1, 0.15) is 0 Å². The number of anilines is 1. The highest BCUT2D eigenvalue weighted by Gasteiger charge is 2.65. The third-order valence-corrected chi connectivity index (χ3v) is 5.66. The van der Waals surface area contributed by atoms with Gasteiger partial charge in [0.2, 0.25) is 5.78 Å². The molecule has 0 unspecified atom stereocenters. The molecule has 1 fully saturated rings. The molecule has 5 nitrogen and oxygen atoms in total. The monoisotopic (exact) mass is 413 g/mol. The fourth-order valence-corrected chi connectivity index (χ4v) is 4.32. The smallest absolute Gasteiger partial charge is 0.323 e. The zero-order chi connectivity index (χ0) is 21.8. The SMILES string of the molecule is CCOC(=O)[C@@]1(Cc2ccccc2)C(=O)C(=O)N(c2ccccc2)[C@@H]1c1ccccc1. The Morgan fingerprint density at radius 1 is 0.871 bits per heavy atom. The van der Waals surface area contributed by atoms with E-state index in [9.17, 15) is 14.4 Å². The van der Waals surface area contributed by atoms with Crippen LogP contribution in [0.25, 0.3) is 0 Å². The second-order valence-corrected chi connectivity index (χ2v) is 7.51. The van der Waals surface area contributed by atoms with E-state index in [2.05, 4.69) is 0 Å². The molecule has 3 aromatic rings. The lowest BCUT2D eigenvalue weighted by atomic mass is 9.71. The van der Waals surface area contributed by atoms with Crippen LogP contribution >= 0.6 is 0 Å². The van der Waals surface area contributed by atoms with Gasteiger partial charge in [0, 0.05) is 5.69 Å². The van der Waals surface area contributed by atoms with Crippen molar-refractivity contribution < 1.29 is 19.1 Å². The van der Waals surface area contributed by atoms with Gasteiger partial charge in [-0.1, -0.05) is 78.9 Å². The predicted octanol–water partition coefficient (Wildman–Crippen LogP) is 4.14. The third-order valence-electron chi connectivity index (χ3n) is 5.66. The van der Waals surface area contributed by atoms with Gasteiger partial charge < -0.3 is 4.74 Å². The fourth-order valence-electron chi connectivity index (χ4n) is 4.32. The van der Waals surface area contributed by atoms with Crippen LogP contribution in [0.15, 0.2) is 91.0 Å². The number of ether oxygens (including phenoxy) is 1. The highest BCUT2D eigenvalue weighted by molar-refractivity contribution is 6.49. The summed E-state index contributed by atoms with van der Waals surface area (Å²) in [5.74, 6) is -2.12. The first-order chi connectivity index (χ1) is 15.1. The maximum Gasteiger partial charge on any atom is 0.323 e. The maximum atomic E-state index is 13.6. The summed E-state index contributed by atoms with van der Waals surface area (Å²) in [5.41, 5.74) is 0.363. The summed E-state index contributed by atoms with van der Waals surface area (Å²) >= 11 is 0. The zero-order valence-electron chi connectivity index (χ0n) is 17.2. The van der Waals surface area contributed by atoms with Gasteiger partial charge in [0.25, 0.3) is 5.91 Å². The molecule has 31 heavy (non-hydrogen) atoms. The quantitative estimate of drug-likeness (QED) is 0.346. The van der Waals surface area contributed by atoms with Crippen LogP contribution in [-0.4, -0.2) is 24.3 Å². The fraction of sp³-hybridized carbons (Fsp3) is 0.192. The van der Waals surface area contributed by atoms with Crippen molar-refractivity contribution in [3.05, 3.63) is 102 Å². The summed E-state index contributed by atoms with van der Waals surface area (Å²) in [7, 11) is 0. The van der Waals surface area contributed by atoms with Crippen LogP contribution < -0.4 is 4.90 Å². The van der Waals surface area contributed by atoms with Crippen LogP contribution in [-0.2, 0) is 25.5 Å². The number of Topliss-reactive ketones (excluding diaryl/α,β-unsaturated/α-hetero) is 1. The predicted molar refractivity (Wildman–Crippen MR) is 117 cm³/mol. The van der Waals surface area contributed by atoms with E-state index < -0.39 is 29.1 Å². The number of hydrogen-bond acceptors (Lipinski definition) is 4. The highest BCUT2D eigenvalue weighted by Crippen LogP contribution is 2.50. The second kappa shape index (κ2) is 8.56. The van der Waals surface area contributed by atoms with Gasteiger partial charge in [0.05, 0.1) is 12.6 Å². The van der Waals surface area contributed by atoms with Crippen LogP contribution in [0.4, 0.5) is 5.69 Å². The Kier molecular flexibility index (Phi) is 5.67. The van der Waals surface area contributed by atoms with Crippen molar-refractivity contribution in [2.24, 2.45) is 5.41 Å². The molecule has 0 saturated carbocycles. The number of carbonyl (C=O) groups excluding carboxylic acids is 3. The number of benzene rings is 3. The van der Waals surface area contributed by atoms with Crippen molar-refractivity contribution in [1.82, 2.24) is 0 Å². The molecular weight excluding hydrogens is 390 g/mol. The molecule has 156 valence electrons. The lowest BCUT2D eigenvalue weighted by Gasteiger charge is -2.35. The Bertz CT molecular complexity index is 1080. The van der Waals surface area contributed by atoms with Gasteiger partial charge in [-0.05, 0) is 36.6 Å². The maximum absolute atomic E-state index is 13.6. The molecule has 3 aromatic carbocycles. The Morgan fingerprint density at radius 3 is 2.00 bits per heavy atom. The van der Waals surface area contributed by atoms with Gasteiger partial charge in [-0.25, -0.2) is 0 Å². The third kappa shape index (κ3) is 3.52. The lowest BCUT2D eigenvalue weighted by Crippen LogP contribution is -2.45. The largest absolute Gasteiger partial charge is 0.465 e. The van der Waals surface area contributed by atoms with Crippen molar-refractivity contribution in [2.45, 2.75) is 19.4 Å². The summed E-state index contributed by atoms with van der Waals surface area (Å²) in [6.07, 6.45) is 0.0696. The molecule has 0 aliphatic carbocycles. The van der Waals surface area contributed by atoms with E-state index in [0.717, 1.165) is 5.56 Å². The molecule has 0 aromatic heterocycles. The average molecular weight is 413 g/mol. The number of nitrogens with zero attached hydrogens (tertiary/aromatic N) is 1. The summed E-state index contributed by atoms with van der Waals surface area (Å²) in [6.45, 7) is 1.81. The van der Waals surface area contributed by atoms with Gasteiger partial charge in [0.15, 0.2) is 5.41 Å². The first-order valence-corrected chi connectivity index (χ1v) is 10.3. The first-order valence-electron chi connectivity index (χ1n) is 10.3. The van der Waals surface area contributed by atoms with E-state index in [1.165, 1.54) is 4.90 Å². The molecule has 1 heterocycles. The standard InChI is InChI=1S/C26H23NO4/c1-2-31-25(30)26(18-19-12-6-3-7-13-19)22(20-14-8-4-9-15-20)27(24(29)23(26)28)21-16-10-5-11-17-21/h3-17,22H,2,18H2,1H3/t22-,26-/m1/s1. The number of hydrogen-bond donors (Lipinski definition) is 0. The first kappa shape index (κ1) is 20.5. The second-order valence-electron chi connectivity index (χ2n) is 7.51. The van der Waals surface area contributed by atoms with Crippen LogP contribution in [0.3, 0.4) is 0 Å². The van der Waals surface area contributed by atoms with Crippen LogP contribution in [0.1, 0.15) is 24.1 Å². The van der Waals surface area contributed by atoms with Crippen LogP contribution in [0.2, 0.25) is 0 Å². The van der Waals surface area contributed by atoms with E-state index in [0.29, 0.717) is 11.3 Å². The minimum absolute atomic E-state index is 0.0696. The number of esters is 1. The number of para-hydroxylation sites is 1. The van der Waals surface area contributed by atoms with Crippen LogP contribution in [0, 0.1) is 5.41 Å². The molecule has 2 atom stereocenters. The summed E-state index contributed by atoms with van der Waals surface area (Å²) in [6, 6.07) is 26.6. The molecule has 0 N–H and O–H groups in total. The van der Waals surface area contributed by atoms with Crippen molar-refractivity contribution in [2.75, 3.05) is 11.5 Å². The van der Waals surface area contributed by atoms with E-state index >= 15 is 0 Å². The van der Waals surface area contributed by atoms with E-state index in [1.54, 1.807) is 31.2 Å². The topological polar surface area (TPSA) is 63.7 Å². The Hall–Kier alpha value is -3.73.